The van der Waals surface area contributed by atoms with Crippen molar-refractivity contribution in [3.63, 3.8) is 0 Å². The van der Waals surface area contributed by atoms with Crippen LogP contribution in [0.1, 0.15) is 39.0 Å². The van der Waals surface area contributed by atoms with E-state index in [1.54, 1.807) is 4.90 Å². The quantitative estimate of drug-likeness (QED) is 0.689. The smallest absolute Gasteiger partial charge is 0.303 e. The van der Waals surface area contributed by atoms with Crippen LogP contribution in [0.15, 0.2) is 0 Å². The van der Waals surface area contributed by atoms with Gasteiger partial charge in [-0.2, -0.15) is 0 Å². The summed E-state index contributed by atoms with van der Waals surface area (Å²) in [5.74, 6) is -0.965. The van der Waals surface area contributed by atoms with Crippen LogP contribution in [0.2, 0.25) is 0 Å². The van der Waals surface area contributed by atoms with Crippen molar-refractivity contribution in [1.82, 2.24) is 10.2 Å². The Morgan fingerprint density at radius 2 is 2.22 bits per heavy atom. The second kappa shape index (κ2) is 6.98. The van der Waals surface area contributed by atoms with Gasteiger partial charge in [0.15, 0.2) is 0 Å². The van der Waals surface area contributed by atoms with Crippen molar-refractivity contribution in [1.29, 1.82) is 0 Å². The molecule has 1 saturated heterocycles. The number of carboxylic acids is 1. The molecule has 0 aromatic carbocycles. The summed E-state index contributed by atoms with van der Waals surface area (Å²) in [6, 6.07) is -0.0606. The molecule has 2 N–H and O–H groups in total. The zero-order chi connectivity index (χ0) is 13.5. The molecule has 0 aromatic heterocycles. The highest BCUT2D eigenvalue weighted by molar-refractivity contribution is 5.85. The average molecular weight is 256 g/mol. The SMILES string of the molecule is CC(CCCC(=O)O)NC(=O)CN1CCCC1=O. The summed E-state index contributed by atoms with van der Waals surface area (Å²) in [5.41, 5.74) is 0. The number of nitrogens with zero attached hydrogens (tertiary/aromatic N) is 1. The molecule has 18 heavy (non-hydrogen) atoms. The summed E-state index contributed by atoms with van der Waals surface area (Å²) < 4.78 is 0. The molecule has 1 aliphatic rings. The minimum atomic E-state index is -0.823. The van der Waals surface area contributed by atoms with E-state index in [1.807, 2.05) is 6.92 Å². The first-order valence-electron chi connectivity index (χ1n) is 6.28. The summed E-state index contributed by atoms with van der Waals surface area (Å²) in [5, 5.41) is 11.3. The summed E-state index contributed by atoms with van der Waals surface area (Å²) in [7, 11) is 0. The van der Waals surface area contributed by atoms with E-state index in [1.165, 1.54) is 0 Å². The zero-order valence-electron chi connectivity index (χ0n) is 10.6. The van der Waals surface area contributed by atoms with Gasteiger partial charge in [-0.25, -0.2) is 0 Å². The second-order valence-electron chi connectivity index (χ2n) is 4.67. The first-order chi connectivity index (χ1) is 8.49. The van der Waals surface area contributed by atoms with Crippen molar-refractivity contribution in [2.45, 2.75) is 45.1 Å². The van der Waals surface area contributed by atoms with Gasteiger partial charge in [-0.15, -0.1) is 0 Å². The minimum Gasteiger partial charge on any atom is -0.481 e. The van der Waals surface area contributed by atoms with Crippen molar-refractivity contribution >= 4 is 17.8 Å². The summed E-state index contributed by atoms with van der Waals surface area (Å²) >= 11 is 0. The molecule has 1 unspecified atom stereocenters. The molecule has 0 saturated carbocycles. The molecular weight excluding hydrogens is 236 g/mol. The van der Waals surface area contributed by atoms with Gasteiger partial charge in [0.25, 0.3) is 0 Å². The van der Waals surface area contributed by atoms with Crippen LogP contribution in [0, 0.1) is 0 Å². The van der Waals surface area contributed by atoms with Crippen LogP contribution in [-0.4, -0.2) is 46.9 Å². The maximum Gasteiger partial charge on any atom is 0.303 e. The topological polar surface area (TPSA) is 86.7 Å². The van der Waals surface area contributed by atoms with Crippen LogP contribution in [0.3, 0.4) is 0 Å². The van der Waals surface area contributed by atoms with E-state index in [4.69, 9.17) is 5.11 Å². The Kier molecular flexibility index (Phi) is 5.61. The van der Waals surface area contributed by atoms with Crippen molar-refractivity contribution in [2.24, 2.45) is 0 Å². The molecule has 102 valence electrons. The van der Waals surface area contributed by atoms with Crippen molar-refractivity contribution in [3.8, 4) is 0 Å². The van der Waals surface area contributed by atoms with Gasteiger partial charge in [0, 0.05) is 25.4 Å². The van der Waals surface area contributed by atoms with Gasteiger partial charge in [-0.1, -0.05) is 0 Å². The molecular formula is C12H20N2O4. The number of aliphatic carboxylic acids is 1. The normalized spacial score (nSPS) is 16.7. The Labute approximate surface area is 106 Å². The number of carbonyl (C=O) groups is 3. The first-order valence-corrected chi connectivity index (χ1v) is 6.28. The van der Waals surface area contributed by atoms with Crippen molar-refractivity contribution in [2.75, 3.05) is 13.1 Å². The lowest BCUT2D eigenvalue weighted by atomic mass is 10.1. The van der Waals surface area contributed by atoms with E-state index in [-0.39, 0.29) is 30.8 Å². The Morgan fingerprint density at radius 1 is 1.50 bits per heavy atom. The zero-order valence-corrected chi connectivity index (χ0v) is 10.6. The molecule has 0 radical (unpaired) electrons. The molecule has 0 spiro atoms. The maximum atomic E-state index is 11.6. The van der Waals surface area contributed by atoms with E-state index in [0.717, 1.165) is 6.42 Å². The molecule has 1 heterocycles. The highest BCUT2D eigenvalue weighted by Crippen LogP contribution is 2.08. The molecule has 1 aliphatic heterocycles. The highest BCUT2D eigenvalue weighted by Gasteiger charge is 2.22. The lowest BCUT2D eigenvalue weighted by molar-refractivity contribution is -0.137. The molecule has 6 nitrogen and oxygen atoms in total. The largest absolute Gasteiger partial charge is 0.481 e. The maximum absolute atomic E-state index is 11.6. The van der Waals surface area contributed by atoms with Crippen LogP contribution in [-0.2, 0) is 14.4 Å². The highest BCUT2D eigenvalue weighted by atomic mass is 16.4. The fraction of sp³-hybridized carbons (Fsp3) is 0.750. The van der Waals surface area contributed by atoms with Gasteiger partial charge in [-0.05, 0) is 26.2 Å². The number of carboxylic acid groups (broad SMARTS) is 1. The van der Waals surface area contributed by atoms with E-state index in [2.05, 4.69) is 5.32 Å². The Morgan fingerprint density at radius 3 is 2.78 bits per heavy atom. The van der Waals surface area contributed by atoms with E-state index >= 15 is 0 Å². The molecule has 1 rings (SSSR count). The average Bonchev–Trinajstić information content (AvgIpc) is 2.63. The Hall–Kier alpha value is -1.59. The summed E-state index contributed by atoms with van der Waals surface area (Å²) in [6.45, 7) is 2.60. The second-order valence-corrected chi connectivity index (χ2v) is 4.67. The standard InChI is InChI=1S/C12H20N2O4/c1-9(4-2-6-12(17)18)13-10(15)8-14-7-3-5-11(14)16/h9H,2-8H2,1H3,(H,13,15)(H,17,18). The Balaban J connectivity index is 2.18. The first kappa shape index (κ1) is 14.5. The van der Waals surface area contributed by atoms with Gasteiger partial charge in [0.1, 0.15) is 0 Å². The van der Waals surface area contributed by atoms with Crippen molar-refractivity contribution in [3.05, 3.63) is 0 Å². The van der Waals surface area contributed by atoms with Crippen LogP contribution in [0.5, 0.6) is 0 Å². The molecule has 0 aliphatic carbocycles. The number of hydrogen-bond donors (Lipinski definition) is 2. The monoisotopic (exact) mass is 256 g/mol. The third-order valence-corrected chi connectivity index (χ3v) is 2.94. The third kappa shape index (κ3) is 5.16. The third-order valence-electron chi connectivity index (χ3n) is 2.94. The minimum absolute atomic E-state index is 0.0312. The predicted octanol–water partition coefficient (Wildman–Crippen LogP) is 0.368. The van der Waals surface area contributed by atoms with Crippen LogP contribution in [0.4, 0.5) is 0 Å². The van der Waals surface area contributed by atoms with Gasteiger partial charge < -0.3 is 15.3 Å². The van der Waals surface area contributed by atoms with Crippen LogP contribution < -0.4 is 5.32 Å². The molecule has 1 fully saturated rings. The number of carbonyl (C=O) groups excluding carboxylic acids is 2. The number of hydrogen-bond acceptors (Lipinski definition) is 3. The lowest BCUT2D eigenvalue weighted by Crippen LogP contribution is -2.41. The van der Waals surface area contributed by atoms with Gasteiger partial charge in [0.2, 0.25) is 11.8 Å². The molecule has 2 amide bonds. The number of amides is 2. The van der Waals surface area contributed by atoms with E-state index < -0.39 is 5.97 Å². The Bertz CT molecular complexity index is 330. The predicted molar refractivity (Wildman–Crippen MR) is 64.9 cm³/mol. The van der Waals surface area contributed by atoms with E-state index in [0.29, 0.717) is 25.8 Å². The fourth-order valence-corrected chi connectivity index (χ4v) is 2.00. The summed E-state index contributed by atoms with van der Waals surface area (Å²) in [4.78, 5) is 34.8. The fourth-order valence-electron chi connectivity index (χ4n) is 2.00. The molecule has 1 atom stereocenters. The van der Waals surface area contributed by atoms with Crippen molar-refractivity contribution < 1.29 is 19.5 Å². The van der Waals surface area contributed by atoms with Gasteiger partial charge >= 0.3 is 5.97 Å². The van der Waals surface area contributed by atoms with E-state index in [9.17, 15) is 14.4 Å². The molecule has 0 aromatic rings. The molecule has 0 bridgehead atoms. The van der Waals surface area contributed by atoms with Gasteiger partial charge in [-0.3, -0.25) is 14.4 Å². The van der Waals surface area contributed by atoms with Gasteiger partial charge in [0.05, 0.1) is 6.54 Å². The van der Waals surface area contributed by atoms with Crippen LogP contribution in [0.25, 0.3) is 0 Å². The summed E-state index contributed by atoms with van der Waals surface area (Å²) in [6.07, 6.45) is 2.64. The van der Waals surface area contributed by atoms with Crippen LogP contribution >= 0.6 is 0 Å². The number of rotatable bonds is 7. The molecule has 6 heteroatoms. The number of likely N-dealkylation sites (tertiary alicyclic amines) is 1. The lowest BCUT2D eigenvalue weighted by Gasteiger charge is -2.18. The number of nitrogens with one attached hydrogen (secondary N) is 1.